The zero-order chi connectivity index (χ0) is 13.3. The Hall–Kier alpha value is -0.430. The van der Waals surface area contributed by atoms with Crippen LogP contribution in [-0.2, 0) is 10.8 Å². The standard InChI is InChI=1S/C16H26S/c1-7-15(3,4)12-9-10-14(17)13(11-12)16(5,6)8-2/h9-11,17H,7-8H2,1-6H3. The molecule has 1 rings (SSSR count). The van der Waals surface area contributed by atoms with Crippen LogP contribution in [0, 0.1) is 0 Å². The first kappa shape index (κ1) is 14.6. The summed E-state index contributed by atoms with van der Waals surface area (Å²) >= 11 is 4.62. The van der Waals surface area contributed by atoms with Gasteiger partial charge in [-0.1, -0.05) is 53.7 Å². The van der Waals surface area contributed by atoms with Gasteiger partial charge in [-0.3, -0.25) is 0 Å². The first-order valence-corrected chi connectivity index (χ1v) is 7.03. The monoisotopic (exact) mass is 250 g/mol. The van der Waals surface area contributed by atoms with Crippen LogP contribution in [0.5, 0.6) is 0 Å². The molecule has 0 saturated carbocycles. The molecular weight excluding hydrogens is 224 g/mol. The van der Waals surface area contributed by atoms with E-state index in [-0.39, 0.29) is 10.8 Å². The SMILES string of the molecule is CCC(C)(C)c1ccc(S)c(C(C)(C)CC)c1. The third-order valence-electron chi connectivity index (χ3n) is 4.27. The van der Waals surface area contributed by atoms with E-state index in [2.05, 4.69) is 72.4 Å². The Balaban J connectivity index is 3.30. The van der Waals surface area contributed by atoms with Crippen LogP contribution >= 0.6 is 12.6 Å². The van der Waals surface area contributed by atoms with E-state index < -0.39 is 0 Å². The van der Waals surface area contributed by atoms with E-state index in [1.54, 1.807) is 0 Å². The van der Waals surface area contributed by atoms with Crippen molar-refractivity contribution in [3.63, 3.8) is 0 Å². The molecule has 0 N–H and O–H groups in total. The summed E-state index contributed by atoms with van der Waals surface area (Å²) in [5.41, 5.74) is 3.26. The van der Waals surface area contributed by atoms with Crippen molar-refractivity contribution in [1.29, 1.82) is 0 Å². The fourth-order valence-electron chi connectivity index (χ4n) is 1.89. The molecule has 0 nitrogen and oxygen atoms in total. The van der Waals surface area contributed by atoms with Crippen molar-refractivity contribution in [3.8, 4) is 0 Å². The Morgan fingerprint density at radius 2 is 1.47 bits per heavy atom. The van der Waals surface area contributed by atoms with Gasteiger partial charge in [0.05, 0.1) is 0 Å². The van der Waals surface area contributed by atoms with Crippen molar-refractivity contribution in [2.24, 2.45) is 0 Å². The first-order chi connectivity index (χ1) is 7.74. The van der Waals surface area contributed by atoms with Gasteiger partial charge in [-0.2, -0.15) is 0 Å². The first-order valence-electron chi connectivity index (χ1n) is 6.58. The van der Waals surface area contributed by atoms with Crippen LogP contribution in [0.2, 0.25) is 0 Å². The maximum Gasteiger partial charge on any atom is 0.00776 e. The molecule has 0 saturated heterocycles. The lowest BCUT2D eigenvalue weighted by Crippen LogP contribution is -2.20. The molecule has 0 amide bonds. The van der Waals surface area contributed by atoms with Crippen LogP contribution in [0.4, 0.5) is 0 Å². The Bertz CT molecular complexity index is 389. The second-order valence-corrected chi connectivity index (χ2v) is 6.69. The van der Waals surface area contributed by atoms with Gasteiger partial charge in [-0.15, -0.1) is 12.6 Å². The predicted octanol–water partition coefficient (Wildman–Crippen LogP) is 5.35. The third kappa shape index (κ3) is 3.07. The van der Waals surface area contributed by atoms with Crippen molar-refractivity contribution in [1.82, 2.24) is 0 Å². The van der Waals surface area contributed by atoms with Gasteiger partial charge < -0.3 is 0 Å². The molecular formula is C16H26S. The van der Waals surface area contributed by atoms with Crippen LogP contribution in [0.3, 0.4) is 0 Å². The molecule has 17 heavy (non-hydrogen) atoms. The Labute approximate surface area is 112 Å². The van der Waals surface area contributed by atoms with Crippen molar-refractivity contribution in [2.75, 3.05) is 0 Å². The second kappa shape index (κ2) is 5.06. The van der Waals surface area contributed by atoms with Gasteiger partial charge in [0.1, 0.15) is 0 Å². The summed E-state index contributed by atoms with van der Waals surface area (Å²) in [7, 11) is 0. The molecule has 96 valence electrons. The molecule has 0 radical (unpaired) electrons. The quantitative estimate of drug-likeness (QED) is 0.684. The minimum Gasteiger partial charge on any atom is -0.143 e. The highest BCUT2D eigenvalue weighted by molar-refractivity contribution is 7.80. The Morgan fingerprint density at radius 1 is 0.941 bits per heavy atom. The fraction of sp³-hybridized carbons (Fsp3) is 0.625. The number of hydrogen-bond donors (Lipinski definition) is 1. The molecule has 0 atom stereocenters. The lowest BCUT2D eigenvalue weighted by Gasteiger charge is -2.29. The highest BCUT2D eigenvalue weighted by Crippen LogP contribution is 2.36. The minimum atomic E-state index is 0.205. The average molecular weight is 250 g/mol. The zero-order valence-corrected chi connectivity index (χ0v) is 13.0. The van der Waals surface area contributed by atoms with E-state index in [9.17, 15) is 0 Å². The number of hydrogen-bond acceptors (Lipinski definition) is 1. The molecule has 1 aromatic carbocycles. The number of rotatable bonds is 4. The maximum absolute atomic E-state index is 4.62. The third-order valence-corrected chi connectivity index (χ3v) is 4.66. The molecule has 0 fully saturated rings. The summed E-state index contributed by atoms with van der Waals surface area (Å²) in [5.74, 6) is 0. The highest BCUT2D eigenvalue weighted by Gasteiger charge is 2.24. The van der Waals surface area contributed by atoms with Crippen LogP contribution in [0.1, 0.15) is 65.5 Å². The summed E-state index contributed by atoms with van der Waals surface area (Å²) in [6.45, 7) is 13.7. The average Bonchev–Trinajstić information content (AvgIpc) is 2.29. The largest absolute Gasteiger partial charge is 0.143 e. The van der Waals surface area contributed by atoms with Gasteiger partial charge in [0.2, 0.25) is 0 Å². The van der Waals surface area contributed by atoms with Crippen molar-refractivity contribution < 1.29 is 0 Å². The summed E-state index contributed by atoms with van der Waals surface area (Å²) in [6, 6.07) is 6.74. The van der Waals surface area contributed by atoms with Crippen LogP contribution in [0.15, 0.2) is 23.1 Å². The van der Waals surface area contributed by atoms with Crippen LogP contribution in [-0.4, -0.2) is 0 Å². The molecule has 1 heteroatoms. The molecule has 0 aliphatic rings. The van der Waals surface area contributed by atoms with Crippen molar-refractivity contribution in [3.05, 3.63) is 29.3 Å². The molecule has 0 spiro atoms. The van der Waals surface area contributed by atoms with E-state index >= 15 is 0 Å². The molecule has 1 aromatic rings. The lowest BCUT2D eigenvalue weighted by molar-refractivity contribution is 0.482. The lowest BCUT2D eigenvalue weighted by atomic mass is 9.77. The van der Waals surface area contributed by atoms with Gasteiger partial charge in [0.15, 0.2) is 0 Å². The topological polar surface area (TPSA) is 0 Å². The minimum absolute atomic E-state index is 0.205. The summed E-state index contributed by atoms with van der Waals surface area (Å²) < 4.78 is 0. The predicted molar refractivity (Wildman–Crippen MR) is 80.3 cm³/mol. The molecule has 0 unspecified atom stereocenters. The van der Waals surface area contributed by atoms with Gasteiger partial charge >= 0.3 is 0 Å². The van der Waals surface area contributed by atoms with E-state index in [1.807, 2.05) is 0 Å². The van der Waals surface area contributed by atoms with E-state index in [0.29, 0.717) is 0 Å². The van der Waals surface area contributed by atoms with Crippen LogP contribution < -0.4 is 0 Å². The fourth-order valence-corrected chi connectivity index (χ4v) is 2.34. The molecule has 0 aliphatic heterocycles. The van der Waals surface area contributed by atoms with Gasteiger partial charge in [-0.25, -0.2) is 0 Å². The van der Waals surface area contributed by atoms with Crippen molar-refractivity contribution >= 4 is 12.6 Å². The normalized spacial score (nSPS) is 12.9. The summed E-state index contributed by atoms with van der Waals surface area (Å²) in [4.78, 5) is 1.12. The van der Waals surface area contributed by atoms with E-state index in [1.165, 1.54) is 11.1 Å². The smallest absolute Gasteiger partial charge is 0.00776 e. The van der Waals surface area contributed by atoms with Crippen LogP contribution in [0.25, 0.3) is 0 Å². The van der Waals surface area contributed by atoms with Gasteiger partial charge in [-0.05, 0) is 40.9 Å². The highest BCUT2D eigenvalue weighted by atomic mass is 32.1. The van der Waals surface area contributed by atoms with Gasteiger partial charge in [0, 0.05) is 4.90 Å². The maximum atomic E-state index is 4.62. The molecule has 0 aliphatic carbocycles. The Kier molecular flexibility index (Phi) is 4.35. The molecule has 0 heterocycles. The second-order valence-electron chi connectivity index (χ2n) is 6.21. The molecule has 0 aromatic heterocycles. The Morgan fingerprint density at radius 3 is 1.94 bits per heavy atom. The zero-order valence-electron chi connectivity index (χ0n) is 12.1. The summed E-state index contributed by atoms with van der Waals surface area (Å²) in [5, 5.41) is 0. The van der Waals surface area contributed by atoms with Gasteiger partial charge in [0.25, 0.3) is 0 Å². The molecule has 0 bridgehead atoms. The van der Waals surface area contributed by atoms with Crippen molar-refractivity contribution in [2.45, 2.75) is 70.1 Å². The summed E-state index contributed by atoms with van der Waals surface area (Å²) in [6.07, 6.45) is 2.29. The number of benzene rings is 1. The van der Waals surface area contributed by atoms with E-state index in [0.717, 1.165) is 17.7 Å². The number of thiol groups is 1. The van der Waals surface area contributed by atoms with E-state index in [4.69, 9.17) is 0 Å².